The van der Waals surface area contributed by atoms with Gasteiger partial charge in [0.2, 0.25) is 0 Å². The van der Waals surface area contributed by atoms with Gasteiger partial charge in [0.25, 0.3) is 0 Å². The number of halogens is 1. The molecule has 5 heteroatoms. The van der Waals surface area contributed by atoms with E-state index >= 15 is 0 Å². The minimum atomic E-state index is 0.374. The SMILES string of the molecule is CCN=C(N)Nc1ccc(OC)c(Cl)c1. The Kier molecular flexibility index (Phi) is 4.24. The van der Waals surface area contributed by atoms with E-state index in [1.807, 2.05) is 13.0 Å². The van der Waals surface area contributed by atoms with Gasteiger partial charge in [-0.3, -0.25) is 4.99 Å². The summed E-state index contributed by atoms with van der Waals surface area (Å²) in [6.07, 6.45) is 0. The molecule has 82 valence electrons. The molecule has 4 nitrogen and oxygen atoms in total. The van der Waals surface area contributed by atoms with Crippen molar-refractivity contribution in [1.29, 1.82) is 0 Å². The molecule has 0 saturated heterocycles. The maximum Gasteiger partial charge on any atom is 0.193 e. The van der Waals surface area contributed by atoms with Crippen LogP contribution >= 0.6 is 11.6 Å². The summed E-state index contributed by atoms with van der Waals surface area (Å²) in [6, 6.07) is 5.32. The number of nitrogens with zero attached hydrogens (tertiary/aromatic N) is 1. The molecular formula is C10H14ClN3O. The van der Waals surface area contributed by atoms with E-state index in [2.05, 4.69) is 10.3 Å². The van der Waals surface area contributed by atoms with Crippen LogP contribution in [0.25, 0.3) is 0 Å². The van der Waals surface area contributed by atoms with Gasteiger partial charge in [-0.05, 0) is 25.1 Å². The van der Waals surface area contributed by atoms with Crippen LogP contribution in [-0.2, 0) is 0 Å². The van der Waals surface area contributed by atoms with Crippen LogP contribution in [0.2, 0.25) is 5.02 Å². The summed E-state index contributed by atoms with van der Waals surface area (Å²) in [7, 11) is 1.57. The Bertz CT molecular complexity index is 366. The van der Waals surface area contributed by atoms with Gasteiger partial charge in [-0.15, -0.1) is 0 Å². The van der Waals surface area contributed by atoms with Crippen LogP contribution in [0.15, 0.2) is 23.2 Å². The summed E-state index contributed by atoms with van der Waals surface area (Å²) in [5, 5.41) is 3.46. The summed E-state index contributed by atoms with van der Waals surface area (Å²) < 4.78 is 5.03. The van der Waals surface area contributed by atoms with Gasteiger partial charge in [0, 0.05) is 12.2 Å². The first-order valence-electron chi connectivity index (χ1n) is 4.58. The molecule has 1 aromatic carbocycles. The molecule has 15 heavy (non-hydrogen) atoms. The smallest absolute Gasteiger partial charge is 0.193 e. The maximum absolute atomic E-state index is 5.94. The molecular weight excluding hydrogens is 214 g/mol. The van der Waals surface area contributed by atoms with Gasteiger partial charge in [0.05, 0.1) is 12.1 Å². The average molecular weight is 228 g/mol. The van der Waals surface area contributed by atoms with Gasteiger partial charge in [-0.2, -0.15) is 0 Å². The molecule has 0 saturated carbocycles. The highest BCUT2D eigenvalue weighted by Gasteiger charge is 2.01. The molecule has 0 aliphatic heterocycles. The van der Waals surface area contributed by atoms with Crippen molar-refractivity contribution in [2.45, 2.75) is 6.92 Å². The fraction of sp³-hybridized carbons (Fsp3) is 0.300. The molecule has 0 fully saturated rings. The van der Waals surface area contributed by atoms with Crippen molar-refractivity contribution in [1.82, 2.24) is 0 Å². The van der Waals surface area contributed by atoms with Crippen LogP contribution in [0.5, 0.6) is 5.75 Å². The second-order valence-corrected chi connectivity index (χ2v) is 3.24. The summed E-state index contributed by atoms with van der Waals surface area (Å²) in [5.74, 6) is 1.01. The second-order valence-electron chi connectivity index (χ2n) is 2.83. The first-order valence-corrected chi connectivity index (χ1v) is 4.95. The molecule has 0 radical (unpaired) electrons. The van der Waals surface area contributed by atoms with E-state index in [1.165, 1.54) is 0 Å². The van der Waals surface area contributed by atoms with Gasteiger partial charge < -0.3 is 15.8 Å². The number of rotatable bonds is 3. The predicted octanol–water partition coefficient (Wildman–Crippen LogP) is 2.10. The van der Waals surface area contributed by atoms with E-state index < -0.39 is 0 Å². The third kappa shape index (κ3) is 3.32. The molecule has 1 rings (SSSR count). The van der Waals surface area contributed by atoms with Crippen LogP contribution in [0.4, 0.5) is 5.69 Å². The lowest BCUT2D eigenvalue weighted by atomic mass is 10.3. The topological polar surface area (TPSA) is 59.6 Å². The number of nitrogens with two attached hydrogens (primary N) is 1. The lowest BCUT2D eigenvalue weighted by Gasteiger charge is -2.07. The Balaban J connectivity index is 2.80. The molecule has 0 aliphatic rings. The monoisotopic (exact) mass is 227 g/mol. The largest absolute Gasteiger partial charge is 0.495 e. The van der Waals surface area contributed by atoms with Crippen molar-refractivity contribution in [3.8, 4) is 5.75 Å². The molecule has 0 unspecified atom stereocenters. The van der Waals surface area contributed by atoms with Gasteiger partial charge in [0.15, 0.2) is 5.96 Å². The number of hydrogen-bond donors (Lipinski definition) is 2. The molecule has 0 aliphatic carbocycles. The lowest BCUT2D eigenvalue weighted by molar-refractivity contribution is 0.415. The summed E-state index contributed by atoms with van der Waals surface area (Å²) in [6.45, 7) is 2.55. The highest BCUT2D eigenvalue weighted by Crippen LogP contribution is 2.26. The zero-order chi connectivity index (χ0) is 11.3. The molecule has 3 N–H and O–H groups in total. The van der Waals surface area contributed by atoms with E-state index in [0.29, 0.717) is 23.3 Å². The van der Waals surface area contributed by atoms with Crippen molar-refractivity contribution < 1.29 is 4.74 Å². The molecule has 0 aromatic heterocycles. The number of hydrogen-bond acceptors (Lipinski definition) is 2. The van der Waals surface area contributed by atoms with Gasteiger partial charge in [-0.1, -0.05) is 11.6 Å². The third-order valence-electron chi connectivity index (χ3n) is 1.75. The zero-order valence-corrected chi connectivity index (χ0v) is 9.51. The van der Waals surface area contributed by atoms with Crippen molar-refractivity contribution in [2.75, 3.05) is 19.0 Å². The molecule has 1 aromatic rings. The van der Waals surface area contributed by atoms with E-state index in [-0.39, 0.29) is 0 Å². The molecule has 0 heterocycles. The van der Waals surface area contributed by atoms with Crippen molar-refractivity contribution in [3.63, 3.8) is 0 Å². The number of ether oxygens (including phenoxy) is 1. The van der Waals surface area contributed by atoms with E-state index in [1.54, 1.807) is 19.2 Å². The van der Waals surface area contributed by atoms with Crippen molar-refractivity contribution in [2.24, 2.45) is 10.7 Å². The van der Waals surface area contributed by atoms with Gasteiger partial charge in [-0.25, -0.2) is 0 Å². The van der Waals surface area contributed by atoms with Crippen LogP contribution in [0.3, 0.4) is 0 Å². The van der Waals surface area contributed by atoms with E-state index in [9.17, 15) is 0 Å². The molecule has 0 amide bonds. The Morgan fingerprint density at radius 1 is 1.60 bits per heavy atom. The predicted molar refractivity (Wildman–Crippen MR) is 63.8 cm³/mol. The van der Waals surface area contributed by atoms with E-state index in [4.69, 9.17) is 22.1 Å². The zero-order valence-electron chi connectivity index (χ0n) is 8.75. The van der Waals surface area contributed by atoms with Gasteiger partial charge >= 0.3 is 0 Å². The summed E-state index contributed by atoms with van der Waals surface area (Å²) >= 11 is 5.94. The normalized spacial score (nSPS) is 11.3. The minimum absolute atomic E-state index is 0.374. The number of guanidine groups is 1. The first kappa shape index (κ1) is 11.7. The number of nitrogens with one attached hydrogen (secondary N) is 1. The number of methoxy groups -OCH3 is 1. The Labute approximate surface area is 94.1 Å². The Hall–Kier alpha value is -1.42. The minimum Gasteiger partial charge on any atom is -0.495 e. The average Bonchev–Trinajstić information content (AvgIpc) is 2.18. The third-order valence-corrected chi connectivity index (χ3v) is 2.05. The molecule has 0 bridgehead atoms. The second kappa shape index (κ2) is 5.46. The quantitative estimate of drug-likeness (QED) is 0.614. The standard InChI is InChI=1S/C10H14ClN3O/c1-3-13-10(12)14-7-4-5-9(15-2)8(11)6-7/h4-6H,3H2,1-2H3,(H3,12,13,14). The fourth-order valence-electron chi connectivity index (χ4n) is 1.10. The highest BCUT2D eigenvalue weighted by atomic mass is 35.5. The summed E-state index contributed by atoms with van der Waals surface area (Å²) in [4.78, 5) is 4.00. The first-order chi connectivity index (χ1) is 7.17. The fourth-order valence-corrected chi connectivity index (χ4v) is 1.36. The van der Waals surface area contributed by atoms with Crippen LogP contribution in [0, 0.1) is 0 Å². The van der Waals surface area contributed by atoms with Gasteiger partial charge in [0.1, 0.15) is 5.75 Å². The van der Waals surface area contributed by atoms with E-state index in [0.717, 1.165) is 5.69 Å². The van der Waals surface area contributed by atoms with Crippen LogP contribution in [-0.4, -0.2) is 19.6 Å². The summed E-state index contributed by atoms with van der Waals surface area (Å²) in [5.41, 5.74) is 6.39. The lowest BCUT2D eigenvalue weighted by Crippen LogP contribution is -2.22. The Morgan fingerprint density at radius 2 is 2.33 bits per heavy atom. The van der Waals surface area contributed by atoms with Crippen molar-refractivity contribution >= 4 is 23.2 Å². The molecule has 0 atom stereocenters. The highest BCUT2D eigenvalue weighted by molar-refractivity contribution is 6.32. The molecule has 0 spiro atoms. The number of anilines is 1. The maximum atomic E-state index is 5.94. The Morgan fingerprint density at radius 3 is 2.87 bits per heavy atom. The van der Waals surface area contributed by atoms with Crippen molar-refractivity contribution in [3.05, 3.63) is 23.2 Å². The van der Waals surface area contributed by atoms with Crippen LogP contribution in [0.1, 0.15) is 6.92 Å². The number of benzene rings is 1. The van der Waals surface area contributed by atoms with Crippen LogP contribution < -0.4 is 15.8 Å². The number of aliphatic imine (C=N–C) groups is 1.